The predicted octanol–water partition coefficient (Wildman–Crippen LogP) is 3.29. The van der Waals surface area contributed by atoms with Crippen LogP contribution in [0.4, 0.5) is 0 Å². The number of aryl methyl sites for hydroxylation is 1. The molecule has 1 aromatic heterocycles. The number of piperidine rings is 1. The lowest BCUT2D eigenvalue weighted by molar-refractivity contribution is -0.122. The summed E-state index contributed by atoms with van der Waals surface area (Å²) in [5.74, 6) is 0.315. The zero-order chi connectivity index (χ0) is 17.6. The van der Waals surface area contributed by atoms with Crippen LogP contribution in [-0.2, 0) is 11.2 Å². The second-order valence-corrected chi connectivity index (χ2v) is 6.68. The van der Waals surface area contributed by atoms with Gasteiger partial charge < -0.3 is 14.6 Å². The summed E-state index contributed by atoms with van der Waals surface area (Å²) in [6.07, 6.45) is 4.12. The Labute approximate surface area is 151 Å². The minimum Gasteiger partial charge on any atom is -0.459 e. The minimum atomic E-state index is -0.0873. The van der Waals surface area contributed by atoms with E-state index in [1.165, 1.54) is 6.26 Å². The van der Waals surface area contributed by atoms with Gasteiger partial charge >= 0.3 is 0 Å². The first-order chi connectivity index (χ1) is 12.1. The highest BCUT2D eigenvalue weighted by atomic mass is 35.5. The van der Waals surface area contributed by atoms with Gasteiger partial charge in [0, 0.05) is 30.6 Å². The third kappa shape index (κ3) is 4.86. The number of likely N-dealkylation sites (tertiary alicyclic amines) is 1. The van der Waals surface area contributed by atoms with Crippen LogP contribution in [-0.4, -0.2) is 35.8 Å². The van der Waals surface area contributed by atoms with Crippen molar-refractivity contribution in [2.75, 3.05) is 13.1 Å². The van der Waals surface area contributed by atoms with Gasteiger partial charge in [-0.05, 0) is 49.1 Å². The van der Waals surface area contributed by atoms with Crippen molar-refractivity contribution in [1.29, 1.82) is 0 Å². The van der Waals surface area contributed by atoms with E-state index in [4.69, 9.17) is 16.0 Å². The van der Waals surface area contributed by atoms with Gasteiger partial charge in [0.15, 0.2) is 5.76 Å². The van der Waals surface area contributed by atoms with E-state index < -0.39 is 0 Å². The van der Waals surface area contributed by atoms with E-state index in [1.54, 1.807) is 17.0 Å². The number of rotatable bonds is 5. The van der Waals surface area contributed by atoms with E-state index >= 15 is 0 Å². The molecule has 3 rings (SSSR count). The Morgan fingerprint density at radius 3 is 2.68 bits per heavy atom. The Kier molecular flexibility index (Phi) is 5.76. The van der Waals surface area contributed by atoms with E-state index in [-0.39, 0.29) is 17.9 Å². The third-order valence-electron chi connectivity index (χ3n) is 4.41. The van der Waals surface area contributed by atoms with Crippen molar-refractivity contribution in [2.24, 2.45) is 0 Å². The molecule has 0 saturated carbocycles. The number of hydrogen-bond acceptors (Lipinski definition) is 3. The van der Waals surface area contributed by atoms with Gasteiger partial charge in [0.05, 0.1) is 6.26 Å². The van der Waals surface area contributed by atoms with Crippen molar-refractivity contribution < 1.29 is 14.0 Å². The van der Waals surface area contributed by atoms with Crippen molar-refractivity contribution in [3.05, 3.63) is 59.0 Å². The molecule has 25 heavy (non-hydrogen) atoms. The highest BCUT2D eigenvalue weighted by Gasteiger charge is 2.25. The zero-order valence-corrected chi connectivity index (χ0v) is 14.7. The number of hydrogen-bond donors (Lipinski definition) is 1. The Morgan fingerprint density at radius 1 is 1.20 bits per heavy atom. The maximum absolute atomic E-state index is 12.2. The van der Waals surface area contributed by atoms with Crippen molar-refractivity contribution in [3.8, 4) is 0 Å². The van der Waals surface area contributed by atoms with Crippen LogP contribution in [0.5, 0.6) is 0 Å². The number of halogens is 1. The van der Waals surface area contributed by atoms with Crippen LogP contribution < -0.4 is 5.32 Å². The number of carbonyl (C=O) groups excluding carboxylic acids is 2. The molecule has 1 aliphatic heterocycles. The maximum atomic E-state index is 12.2. The fraction of sp³-hybridized carbons (Fsp3) is 0.368. The second kappa shape index (κ2) is 8.21. The lowest BCUT2D eigenvalue weighted by Gasteiger charge is -2.31. The summed E-state index contributed by atoms with van der Waals surface area (Å²) in [5, 5.41) is 3.75. The molecule has 1 saturated heterocycles. The second-order valence-electron chi connectivity index (χ2n) is 6.24. The van der Waals surface area contributed by atoms with Crippen LogP contribution >= 0.6 is 11.6 Å². The molecule has 1 aliphatic rings. The molecule has 0 spiro atoms. The molecule has 1 N–H and O–H groups in total. The summed E-state index contributed by atoms with van der Waals surface area (Å²) in [7, 11) is 0. The highest BCUT2D eigenvalue weighted by molar-refractivity contribution is 6.30. The topological polar surface area (TPSA) is 62.6 Å². The number of carbonyl (C=O) groups is 2. The monoisotopic (exact) mass is 360 g/mol. The van der Waals surface area contributed by atoms with Crippen molar-refractivity contribution in [2.45, 2.75) is 31.7 Å². The average molecular weight is 361 g/mol. The Morgan fingerprint density at radius 2 is 2.00 bits per heavy atom. The van der Waals surface area contributed by atoms with Gasteiger partial charge in [-0.25, -0.2) is 0 Å². The first-order valence-corrected chi connectivity index (χ1v) is 8.86. The smallest absolute Gasteiger partial charge is 0.289 e. The fourth-order valence-electron chi connectivity index (χ4n) is 3.03. The maximum Gasteiger partial charge on any atom is 0.289 e. The van der Waals surface area contributed by atoms with Gasteiger partial charge in [0.1, 0.15) is 0 Å². The molecule has 2 heterocycles. The molecule has 6 heteroatoms. The number of benzene rings is 1. The quantitative estimate of drug-likeness (QED) is 0.890. The van der Waals surface area contributed by atoms with Gasteiger partial charge in [0.2, 0.25) is 5.91 Å². The van der Waals surface area contributed by atoms with Crippen LogP contribution in [0.3, 0.4) is 0 Å². The van der Waals surface area contributed by atoms with Crippen molar-refractivity contribution in [3.63, 3.8) is 0 Å². The lowest BCUT2D eigenvalue weighted by atomic mass is 10.0. The molecule has 0 atom stereocenters. The van der Waals surface area contributed by atoms with Gasteiger partial charge in [-0.15, -0.1) is 0 Å². The van der Waals surface area contributed by atoms with Crippen LogP contribution in [0.2, 0.25) is 5.02 Å². The first kappa shape index (κ1) is 17.5. The van der Waals surface area contributed by atoms with E-state index in [0.717, 1.165) is 18.4 Å². The highest BCUT2D eigenvalue weighted by Crippen LogP contribution is 2.15. The minimum absolute atomic E-state index is 0.0378. The van der Waals surface area contributed by atoms with Gasteiger partial charge in [-0.2, -0.15) is 0 Å². The van der Waals surface area contributed by atoms with E-state index in [0.29, 0.717) is 36.7 Å². The van der Waals surface area contributed by atoms with E-state index in [1.807, 2.05) is 24.3 Å². The molecule has 5 nitrogen and oxygen atoms in total. The van der Waals surface area contributed by atoms with Crippen molar-refractivity contribution >= 4 is 23.4 Å². The largest absolute Gasteiger partial charge is 0.459 e. The zero-order valence-electron chi connectivity index (χ0n) is 13.9. The summed E-state index contributed by atoms with van der Waals surface area (Å²) < 4.78 is 5.15. The van der Waals surface area contributed by atoms with Crippen LogP contribution in [0.25, 0.3) is 0 Å². The summed E-state index contributed by atoms with van der Waals surface area (Å²) in [5.41, 5.74) is 1.06. The SMILES string of the molecule is O=C(CCc1cccc(Cl)c1)NC1CCN(C(=O)c2ccco2)CC1. The third-order valence-corrected chi connectivity index (χ3v) is 4.64. The Bertz CT molecular complexity index is 722. The molecule has 1 fully saturated rings. The molecule has 0 radical (unpaired) electrons. The van der Waals surface area contributed by atoms with Gasteiger partial charge in [-0.3, -0.25) is 9.59 Å². The first-order valence-electron chi connectivity index (χ1n) is 8.48. The van der Waals surface area contributed by atoms with E-state index in [2.05, 4.69) is 5.32 Å². The van der Waals surface area contributed by atoms with Crippen molar-refractivity contribution in [1.82, 2.24) is 10.2 Å². The molecule has 0 aliphatic carbocycles. The fourth-order valence-corrected chi connectivity index (χ4v) is 3.25. The normalized spacial score (nSPS) is 15.2. The van der Waals surface area contributed by atoms with Gasteiger partial charge in [0.25, 0.3) is 5.91 Å². The molecular weight excluding hydrogens is 340 g/mol. The molecule has 2 aromatic rings. The van der Waals surface area contributed by atoms with E-state index in [9.17, 15) is 9.59 Å². The summed E-state index contributed by atoms with van der Waals surface area (Å²) in [6.45, 7) is 1.25. The molecule has 0 bridgehead atoms. The molecule has 132 valence electrons. The Balaban J connectivity index is 1.41. The molecule has 1 aromatic carbocycles. The number of nitrogens with one attached hydrogen (secondary N) is 1. The van der Waals surface area contributed by atoms with Crippen LogP contribution in [0.1, 0.15) is 35.4 Å². The number of nitrogens with zero attached hydrogens (tertiary/aromatic N) is 1. The molecular formula is C19H21ClN2O3. The Hall–Kier alpha value is -2.27. The average Bonchev–Trinajstić information content (AvgIpc) is 3.15. The summed E-state index contributed by atoms with van der Waals surface area (Å²) >= 11 is 5.95. The summed E-state index contributed by atoms with van der Waals surface area (Å²) in [6, 6.07) is 11.1. The van der Waals surface area contributed by atoms with Crippen LogP contribution in [0.15, 0.2) is 47.1 Å². The molecule has 2 amide bonds. The standard InChI is InChI=1S/C19H21ClN2O3/c20-15-4-1-3-14(13-15)6-7-18(23)21-16-8-10-22(11-9-16)19(24)17-5-2-12-25-17/h1-5,12-13,16H,6-11H2,(H,21,23). The predicted molar refractivity (Wildman–Crippen MR) is 95.5 cm³/mol. The summed E-state index contributed by atoms with van der Waals surface area (Å²) in [4.78, 5) is 26.1. The number of amides is 2. The van der Waals surface area contributed by atoms with Crippen LogP contribution in [0, 0.1) is 0 Å². The number of furan rings is 1. The lowest BCUT2D eigenvalue weighted by Crippen LogP contribution is -2.46. The van der Waals surface area contributed by atoms with Gasteiger partial charge in [-0.1, -0.05) is 23.7 Å². The molecule has 0 unspecified atom stereocenters.